The SMILES string of the molecule is O=C(CCc1ccc2c(c1)OCO2)N1CCCC1c1ccsc1. The molecule has 1 aromatic carbocycles. The van der Waals surface area contributed by atoms with E-state index in [1.165, 1.54) is 5.56 Å². The summed E-state index contributed by atoms with van der Waals surface area (Å²) < 4.78 is 10.7. The van der Waals surface area contributed by atoms with Crippen LogP contribution in [0.5, 0.6) is 11.5 Å². The van der Waals surface area contributed by atoms with Crippen molar-refractivity contribution in [3.8, 4) is 11.5 Å². The third kappa shape index (κ3) is 2.93. The molecule has 2 aliphatic heterocycles. The van der Waals surface area contributed by atoms with Gasteiger partial charge < -0.3 is 14.4 Å². The molecule has 2 aromatic rings. The van der Waals surface area contributed by atoms with E-state index in [1.54, 1.807) is 11.3 Å². The minimum atomic E-state index is 0.247. The summed E-state index contributed by atoms with van der Waals surface area (Å²) in [6.07, 6.45) is 3.45. The number of likely N-dealkylation sites (tertiary alicyclic amines) is 1. The second kappa shape index (κ2) is 6.24. The number of rotatable bonds is 4. The smallest absolute Gasteiger partial charge is 0.231 e. The van der Waals surface area contributed by atoms with Crippen LogP contribution in [0.2, 0.25) is 0 Å². The van der Waals surface area contributed by atoms with Gasteiger partial charge in [-0.2, -0.15) is 11.3 Å². The molecule has 1 aromatic heterocycles. The van der Waals surface area contributed by atoms with Gasteiger partial charge in [-0.25, -0.2) is 0 Å². The van der Waals surface area contributed by atoms with Gasteiger partial charge in [0.25, 0.3) is 0 Å². The predicted molar refractivity (Wildman–Crippen MR) is 88.9 cm³/mol. The van der Waals surface area contributed by atoms with Gasteiger partial charge in [0.15, 0.2) is 11.5 Å². The average Bonchev–Trinajstić information content (AvgIpc) is 3.32. The van der Waals surface area contributed by atoms with Gasteiger partial charge in [-0.1, -0.05) is 6.07 Å². The Morgan fingerprint density at radius 2 is 2.17 bits per heavy atom. The first-order valence-corrected chi connectivity index (χ1v) is 8.95. The van der Waals surface area contributed by atoms with Crippen LogP contribution in [0.4, 0.5) is 0 Å². The van der Waals surface area contributed by atoms with Crippen LogP contribution in [-0.4, -0.2) is 24.1 Å². The van der Waals surface area contributed by atoms with Crippen molar-refractivity contribution in [2.24, 2.45) is 0 Å². The normalized spacial score (nSPS) is 19.3. The standard InChI is InChI=1S/C18H19NO3S/c20-18(19-8-1-2-15(19)14-7-9-23-11-14)6-4-13-3-5-16-17(10-13)22-12-21-16/h3,5,7,9-11,15H,1-2,4,6,8,12H2. The van der Waals surface area contributed by atoms with Crippen molar-refractivity contribution < 1.29 is 14.3 Å². The second-order valence-corrected chi connectivity index (χ2v) is 6.77. The molecular formula is C18H19NO3S. The van der Waals surface area contributed by atoms with E-state index in [1.807, 2.05) is 18.2 Å². The van der Waals surface area contributed by atoms with Crippen molar-refractivity contribution >= 4 is 17.2 Å². The molecule has 0 saturated carbocycles. The molecule has 1 saturated heterocycles. The summed E-state index contributed by atoms with van der Waals surface area (Å²) in [5, 5.41) is 4.25. The number of aryl methyl sites for hydroxylation is 1. The summed E-state index contributed by atoms with van der Waals surface area (Å²) in [4.78, 5) is 14.7. The lowest BCUT2D eigenvalue weighted by Gasteiger charge is -2.24. The summed E-state index contributed by atoms with van der Waals surface area (Å²) in [5.41, 5.74) is 2.40. The van der Waals surface area contributed by atoms with Crippen LogP contribution >= 0.6 is 11.3 Å². The Labute approximate surface area is 139 Å². The lowest BCUT2D eigenvalue weighted by Crippen LogP contribution is -2.30. The summed E-state index contributed by atoms with van der Waals surface area (Å²) in [6.45, 7) is 1.16. The highest BCUT2D eigenvalue weighted by Crippen LogP contribution is 2.35. The van der Waals surface area contributed by atoms with Crippen molar-refractivity contribution in [1.29, 1.82) is 0 Å². The Kier molecular flexibility index (Phi) is 3.95. The zero-order chi connectivity index (χ0) is 15.6. The Bertz CT molecular complexity index is 698. The monoisotopic (exact) mass is 329 g/mol. The number of amides is 1. The Morgan fingerprint density at radius 3 is 3.04 bits per heavy atom. The molecule has 1 unspecified atom stereocenters. The fourth-order valence-electron chi connectivity index (χ4n) is 3.37. The number of ether oxygens (including phenoxy) is 2. The maximum atomic E-state index is 12.6. The molecule has 1 fully saturated rings. The molecule has 120 valence electrons. The molecule has 1 atom stereocenters. The number of benzene rings is 1. The minimum Gasteiger partial charge on any atom is -0.454 e. The van der Waals surface area contributed by atoms with Crippen molar-refractivity contribution in [2.75, 3.05) is 13.3 Å². The van der Waals surface area contributed by atoms with Gasteiger partial charge in [0.05, 0.1) is 6.04 Å². The molecule has 1 amide bonds. The first-order valence-electron chi connectivity index (χ1n) is 8.01. The number of thiophene rings is 1. The van der Waals surface area contributed by atoms with Gasteiger partial charge in [-0.05, 0) is 59.3 Å². The fourth-order valence-corrected chi connectivity index (χ4v) is 4.07. The zero-order valence-corrected chi connectivity index (χ0v) is 13.7. The quantitative estimate of drug-likeness (QED) is 0.857. The van der Waals surface area contributed by atoms with E-state index in [0.29, 0.717) is 6.42 Å². The number of fused-ring (bicyclic) bond motifs is 1. The third-order valence-electron chi connectivity index (χ3n) is 4.57. The van der Waals surface area contributed by atoms with E-state index in [4.69, 9.17) is 9.47 Å². The molecular weight excluding hydrogens is 310 g/mol. The molecule has 3 heterocycles. The van der Waals surface area contributed by atoms with Crippen molar-refractivity contribution in [3.63, 3.8) is 0 Å². The van der Waals surface area contributed by atoms with Crippen LogP contribution < -0.4 is 9.47 Å². The maximum Gasteiger partial charge on any atom is 0.231 e. The van der Waals surface area contributed by atoms with Gasteiger partial charge in [0, 0.05) is 13.0 Å². The van der Waals surface area contributed by atoms with Crippen LogP contribution in [0.25, 0.3) is 0 Å². The van der Waals surface area contributed by atoms with Crippen LogP contribution in [0.3, 0.4) is 0 Å². The van der Waals surface area contributed by atoms with E-state index in [2.05, 4.69) is 21.7 Å². The summed E-state index contributed by atoms with van der Waals surface area (Å²) >= 11 is 1.70. The predicted octanol–water partition coefficient (Wildman–Crippen LogP) is 3.77. The number of nitrogens with zero attached hydrogens (tertiary/aromatic N) is 1. The Hall–Kier alpha value is -2.01. The van der Waals surface area contributed by atoms with Gasteiger partial charge in [-0.15, -0.1) is 0 Å². The molecule has 4 nitrogen and oxygen atoms in total. The van der Waals surface area contributed by atoms with E-state index < -0.39 is 0 Å². The van der Waals surface area contributed by atoms with Gasteiger partial charge >= 0.3 is 0 Å². The van der Waals surface area contributed by atoms with E-state index in [0.717, 1.165) is 42.9 Å². The van der Waals surface area contributed by atoms with Crippen molar-refractivity contribution in [3.05, 3.63) is 46.2 Å². The molecule has 2 aliphatic rings. The molecule has 5 heteroatoms. The minimum absolute atomic E-state index is 0.247. The second-order valence-electron chi connectivity index (χ2n) is 5.99. The first-order chi connectivity index (χ1) is 11.3. The van der Waals surface area contributed by atoms with Crippen LogP contribution in [0.15, 0.2) is 35.0 Å². The van der Waals surface area contributed by atoms with E-state index in [9.17, 15) is 4.79 Å². The number of hydrogen-bond acceptors (Lipinski definition) is 4. The lowest BCUT2D eigenvalue weighted by atomic mass is 10.1. The first kappa shape index (κ1) is 14.6. The molecule has 0 aliphatic carbocycles. The largest absolute Gasteiger partial charge is 0.454 e. The highest BCUT2D eigenvalue weighted by Gasteiger charge is 2.29. The summed E-state index contributed by atoms with van der Waals surface area (Å²) in [5.74, 6) is 1.82. The number of hydrogen-bond donors (Lipinski definition) is 0. The van der Waals surface area contributed by atoms with Gasteiger partial charge in [0.2, 0.25) is 12.7 Å². The average molecular weight is 329 g/mol. The highest BCUT2D eigenvalue weighted by atomic mass is 32.1. The zero-order valence-electron chi connectivity index (χ0n) is 12.9. The van der Waals surface area contributed by atoms with E-state index in [-0.39, 0.29) is 18.7 Å². The number of carbonyl (C=O) groups excluding carboxylic acids is 1. The van der Waals surface area contributed by atoms with Crippen LogP contribution in [0, 0.1) is 0 Å². The van der Waals surface area contributed by atoms with Gasteiger partial charge in [-0.3, -0.25) is 4.79 Å². The lowest BCUT2D eigenvalue weighted by molar-refractivity contribution is -0.132. The Morgan fingerprint density at radius 1 is 1.26 bits per heavy atom. The third-order valence-corrected chi connectivity index (χ3v) is 5.27. The molecule has 23 heavy (non-hydrogen) atoms. The molecule has 0 bridgehead atoms. The maximum absolute atomic E-state index is 12.6. The molecule has 0 N–H and O–H groups in total. The van der Waals surface area contributed by atoms with Crippen LogP contribution in [-0.2, 0) is 11.2 Å². The summed E-state index contributed by atoms with van der Waals surface area (Å²) in [7, 11) is 0. The highest BCUT2D eigenvalue weighted by molar-refractivity contribution is 7.07. The van der Waals surface area contributed by atoms with Crippen molar-refractivity contribution in [2.45, 2.75) is 31.7 Å². The molecule has 0 radical (unpaired) electrons. The Balaban J connectivity index is 1.40. The van der Waals surface area contributed by atoms with Gasteiger partial charge in [0.1, 0.15) is 0 Å². The summed E-state index contributed by atoms with van der Waals surface area (Å²) in [6, 6.07) is 8.33. The van der Waals surface area contributed by atoms with E-state index >= 15 is 0 Å². The van der Waals surface area contributed by atoms with Crippen LogP contribution in [0.1, 0.15) is 36.4 Å². The fraction of sp³-hybridized carbons (Fsp3) is 0.389. The molecule has 4 rings (SSSR count). The topological polar surface area (TPSA) is 38.8 Å². The van der Waals surface area contributed by atoms with Crippen molar-refractivity contribution in [1.82, 2.24) is 4.90 Å². The number of carbonyl (C=O) groups is 1. The molecule has 0 spiro atoms.